The van der Waals surface area contributed by atoms with Gasteiger partial charge in [-0.1, -0.05) is 23.7 Å². The summed E-state index contributed by atoms with van der Waals surface area (Å²) in [6.07, 6.45) is 1.40. The number of halogens is 1. The van der Waals surface area contributed by atoms with Crippen molar-refractivity contribution in [2.24, 2.45) is 0 Å². The van der Waals surface area contributed by atoms with Crippen LogP contribution in [-0.4, -0.2) is 15.3 Å². The van der Waals surface area contributed by atoms with Gasteiger partial charge < -0.3 is 0 Å². The first kappa shape index (κ1) is 13.0. The summed E-state index contributed by atoms with van der Waals surface area (Å²) in [6.45, 7) is -0.0417. The maximum Gasteiger partial charge on any atom is 0.271 e. The largest absolute Gasteiger partial charge is 0.292 e. The highest BCUT2D eigenvalue weighted by Crippen LogP contribution is 2.14. The number of thiophene rings is 1. The number of nitrogens with zero attached hydrogens (tertiary/aromatic N) is 2. The van der Waals surface area contributed by atoms with Crippen LogP contribution in [0.2, 0.25) is 5.02 Å². The Kier molecular flexibility index (Phi) is 3.38. The van der Waals surface area contributed by atoms with Gasteiger partial charge in [0.1, 0.15) is 4.70 Å². The fraction of sp³-hybridized carbons (Fsp3) is 0.0714. The normalized spacial score (nSPS) is 10.8. The van der Waals surface area contributed by atoms with Crippen molar-refractivity contribution in [1.82, 2.24) is 9.55 Å². The Morgan fingerprint density at radius 3 is 3.00 bits per heavy atom. The van der Waals surface area contributed by atoms with Crippen LogP contribution in [0.5, 0.6) is 0 Å². The first-order valence-electron chi connectivity index (χ1n) is 5.86. The number of carbonyl (C=O) groups excluding carboxylic acids is 1. The predicted octanol–water partition coefficient (Wildman–Crippen LogP) is 2.99. The Labute approximate surface area is 123 Å². The number of rotatable bonds is 3. The molecule has 2 heterocycles. The highest BCUT2D eigenvalue weighted by molar-refractivity contribution is 7.17. The summed E-state index contributed by atoms with van der Waals surface area (Å²) >= 11 is 7.18. The second-order valence-electron chi connectivity index (χ2n) is 4.25. The molecule has 0 atom stereocenters. The minimum atomic E-state index is -0.194. The van der Waals surface area contributed by atoms with Gasteiger partial charge in [-0.3, -0.25) is 14.2 Å². The number of ketones is 1. The molecule has 0 N–H and O–H groups in total. The van der Waals surface area contributed by atoms with Crippen LogP contribution in [-0.2, 0) is 6.54 Å². The van der Waals surface area contributed by atoms with Gasteiger partial charge >= 0.3 is 0 Å². The van der Waals surface area contributed by atoms with E-state index < -0.39 is 0 Å². The van der Waals surface area contributed by atoms with Crippen molar-refractivity contribution in [1.29, 1.82) is 0 Å². The summed E-state index contributed by atoms with van der Waals surface area (Å²) in [4.78, 5) is 28.5. The fourth-order valence-corrected chi connectivity index (χ4v) is 2.88. The third-order valence-electron chi connectivity index (χ3n) is 2.90. The van der Waals surface area contributed by atoms with Gasteiger partial charge in [-0.25, -0.2) is 4.98 Å². The van der Waals surface area contributed by atoms with Crippen molar-refractivity contribution in [3.63, 3.8) is 0 Å². The van der Waals surface area contributed by atoms with Crippen LogP contribution in [0.25, 0.3) is 10.2 Å². The summed E-state index contributed by atoms with van der Waals surface area (Å²) in [5.74, 6) is -0.174. The SMILES string of the molecule is O=C(Cn1cnc2ccsc2c1=O)c1cccc(Cl)c1. The van der Waals surface area contributed by atoms with E-state index >= 15 is 0 Å². The molecule has 0 saturated carbocycles. The molecule has 0 aliphatic rings. The molecule has 0 unspecified atom stereocenters. The Bertz CT molecular complexity index is 854. The molecule has 0 radical (unpaired) electrons. The van der Waals surface area contributed by atoms with Gasteiger partial charge in [-0.05, 0) is 23.6 Å². The van der Waals surface area contributed by atoms with E-state index in [1.807, 2.05) is 5.38 Å². The molecule has 0 amide bonds. The molecule has 0 spiro atoms. The van der Waals surface area contributed by atoms with Crippen molar-refractivity contribution in [2.75, 3.05) is 0 Å². The van der Waals surface area contributed by atoms with Crippen LogP contribution in [0, 0.1) is 0 Å². The number of fused-ring (bicyclic) bond motifs is 1. The van der Waals surface area contributed by atoms with E-state index in [1.54, 1.807) is 30.3 Å². The molecule has 0 aliphatic carbocycles. The lowest BCUT2D eigenvalue weighted by Crippen LogP contribution is -2.24. The third-order valence-corrected chi connectivity index (χ3v) is 4.02. The first-order valence-corrected chi connectivity index (χ1v) is 7.12. The average Bonchev–Trinajstić information content (AvgIpc) is 2.91. The van der Waals surface area contributed by atoms with E-state index in [2.05, 4.69) is 4.98 Å². The molecule has 20 heavy (non-hydrogen) atoms. The number of Topliss-reactive ketones (excluding diaryl/α,β-unsaturated/α-hetero) is 1. The highest BCUT2D eigenvalue weighted by Gasteiger charge is 2.11. The number of hydrogen-bond acceptors (Lipinski definition) is 4. The zero-order valence-corrected chi connectivity index (χ0v) is 11.8. The van der Waals surface area contributed by atoms with Crippen molar-refractivity contribution >= 4 is 38.9 Å². The van der Waals surface area contributed by atoms with Gasteiger partial charge in [-0.2, -0.15) is 0 Å². The average molecular weight is 305 g/mol. The molecule has 100 valence electrons. The summed E-state index contributed by atoms with van der Waals surface area (Å²) < 4.78 is 1.88. The fourth-order valence-electron chi connectivity index (χ4n) is 1.90. The molecule has 2 aromatic heterocycles. The molecule has 0 fully saturated rings. The lowest BCUT2D eigenvalue weighted by molar-refractivity contribution is 0.0970. The minimum Gasteiger partial charge on any atom is -0.292 e. The molecule has 0 aliphatic heterocycles. The van der Waals surface area contributed by atoms with E-state index in [9.17, 15) is 9.59 Å². The van der Waals surface area contributed by atoms with E-state index in [0.717, 1.165) is 0 Å². The Hall–Kier alpha value is -1.98. The first-order chi connectivity index (χ1) is 9.65. The molecule has 3 rings (SSSR count). The topological polar surface area (TPSA) is 52.0 Å². The molecule has 0 bridgehead atoms. The summed E-state index contributed by atoms with van der Waals surface area (Å²) in [7, 11) is 0. The molecule has 4 nitrogen and oxygen atoms in total. The van der Waals surface area contributed by atoms with Crippen LogP contribution in [0.1, 0.15) is 10.4 Å². The van der Waals surface area contributed by atoms with Crippen molar-refractivity contribution in [2.45, 2.75) is 6.54 Å². The van der Waals surface area contributed by atoms with E-state index in [-0.39, 0.29) is 17.9 Å². The smallest absolute Gasteiger partial charge is 0.271 e. The Balaban J connectivity index is 1.95. The van der Waals surface area contributed by atoms with Crippen LogP contribution in [0.15, 0.2) is 46.8 Å². The quantitative estimate of drug-likeness (QED) is 0.699. The van der Waals surface area contributed by atoms with Crippen molar-refractivity contribution < 1.29 is 4.79 Å². The lowest BCUT2D eigenvalue weighted by Gasteiger charge is -2.05. The molecular weight excluding hydrogens is 296 g/mol. The predicted molar refractivity (Wildman–Crippen MR) is 79.7 cm³/mol. The van der Waals surface area contributed by atoms with Gasteiger partial charge in [0.2, 0.25) is 0 Å². The monoisotopic (exact) mass is 304 g/mol. The number of aromatic nitrogens is 2. The standard InChI is InChI=1S/C14H9ClN2O2S/c15-10-3-1-2-9(6-10)12(18)7-17-8-16-11-4-5-20-13(11)14(17)19/h1-6,8H,7H2. The zero-order valence-electron chi connectivity index (χ0n) is 10.2. The van der Waals surface area contributed by atoms with E-state index in [0.29, 0.717) is 20.8 Å². The summed E-state index contributed by atoms with van der Waals surface area (Å²) in [5.41, 5.74) is 0.947. The van der Waals surface area contributed by atoms with E-state index in [1.165, 1.54) is 22.2 Å². The Morgan fingerprint density at radius 1 is 1.35 bits per heavy atom. The molecule has 0 saturated heterocycles. The summed E-state index contributed by atoms with van der Waals surface area (Å²) in [5, 5.41) is 2.30. The maximum absolute atomic E-state index is 12.2. The van der Waals surface area contributed by atoms with E-state index in [4.69, 9.17) is 11.6 Å². The van der Waals surface area contributed by atoms with Crippen LogP contribution < -0.4 is 5.56 Å². The van der Waals surface area contributed by atoms with Gasteiger partial charge in [0, 0.05) is 10.6 Å². The number of carbonyl (C=O) groups is 1. The third kappa shape index (κ3) is 2.37. The second kappa shape index (κ2) is 5.19. The number of benzene rings is 1. The second-order valence-corrected chi connectivity index (χ2v) is 5.60. The number of hydrogen-bond donors (Lipinski definition) is 0. The maximum atomic E-state index is 12.2. The molecular formula is C14H9ClN2O2S. The lowest BCUT2D eigenvalue weighted by atomic mass is 10.1. The zero-order chi connectivity index (χ0) is 14.1. The van der Waals surface area contributed by atoms with Crippen molar-refractivity contribution in [3.05, 3.63) is 63.0 Å². The van der Waals surface area contributed by atoms with Crippen LogP contribution in [0.3, 0.4) is 0 Å². The molecule has 3 aromatic rings. The van der Waals surface area contributed by atoms with Gasteiger partial charge in [0.25, 0.3) is 5.56 Å². The van der Waals surface area contributed by atoms with Gasteiger partial charge in [-0.15, -0.1) is 11.3 Å². The van der Waals surface area contributed by atoms with Crippen molar-refractivity contribution in [3.8, 4) is 0 Å². The molecule has 6 heteroatoms. The van der Waals surface area contributed by atoms with Crippen LogP contribution in [0.4, 0.5) is 0 Å². The summed E-state index contributed by atoms with van der Waals surface area (Å²) in [6, 6.07) is 8.45. The van der Waals surface area contributed by atoms with Crippen LogP contribution >= 0.6 is 22.9 Å². The minimum absolute atomic E-state index is 0.0417. The highest BCUT2D eigenvalue weighted by atomic mass is 35.5. The molecule has 1 aromatic carbocycles. The van der Waals surface area contributed by atoms with Gasteiger partial charge in [0.15, 0.2) is 5.78 Å². The van der Waals surface area contributed by atoms with Gasteiger partial charge in [0.05, 0.1) is 18.4 Å². The Morgan fingerprint density at radius 2 is 2.20 bits per heavy atom.